The highest BCUT2D eigenvalue weighted by Crippen LogP contribution is 2.17. The molecule has 114 valence electrons. The summed E-state index contributed by atoms with van der Waals surface area (Å²) in [5, 5.41) is 0. The van der Waals surface area contributed by atoms with Crippen molar-refractivity contribution in [1.29, 1.82) is 0 Å². The van der Waals surface area contributed by atoms with Crippen molar-refractivity contribution in [2.75, 3.05) is 0 Å². The Morgan fingerprint density at radius 1 is 0.579 bits per heavy atom. The molecule has 0 saturated carbocycles. The standard InChI is InChI=1S/C19H38/c1-4-7-9-11-13-15-18-19(16-6-3)17-14-12-10-8-5-2/h17H,4-16,18H2,1-3H3. The third-order valence-corrected chi connectivity index (χ3v) is 3.91. The Kier molecular flexibility index (Phi) is 15.6. The molecule has 0 heteroatoms. The van der Waals surface area contributed by atoms with Gasteiger partial charge >= 0.3 is 0 Å². The lowest BCUT2D eigenvalue weighted by atomic mass is 10.00. The summed E-state index contributed by atoms with van der Waals surface area (Å²) in [7, 11) is 0. The first kappa shape index (κ1) is 18.7. The summed E-state index contributed by atoms with van der Waals surface area (Å²) in [5.74, 6) is 0. The fraction of sp³-hybridized carbons (Fsp3) is 0.895. The van der Waals surface area contributed by atoms with Crippen molar-refractivity contribution in [3.8, 4) is 0 Å². The predicted octanol–water partition coefficient (Wildman–Crippen LogP) is 7.43. The van der Waals surface area contributed by atoms with Crippen molar-refractivity contribution in [2.45, 2.75) is 111 Å². The van der Waals surface area contributed by atoms with Gasteiger partial charge in [-0.1, -0.05) is 90.2 Å². The lowest BCUT2D eigenvalue weighted by Crippen LogP contribution is -1.87. The Hall–Kier alpha value is -0.260. The maximum atomic E-state index is 2.56. The fourth-order valence-electron chi connectivity index (χ4n) is 2.66. The van der Waals surface area contributed by atoms with Crippen molar-refractivity contribution >= 4 is 0 Å². The zero-order valence-corrected chi connectivity index (χ0v) is 14.0. The largest absolute Gasteiger partial charge is 0.0853 e. The molecule has 19 heavy (non-hydrogen) atoms. The Bertz CT molecular complexity index is 190. The molecule has 0 aromatic carbocycles. The molecule has 0 fully saturated rings. The van der Waals surface area contributed by atoms with Crippen LogP contribution in [0.1, 0.15) is 111 Å². The number of hydrogen-bond donors (Lipinski definition) is 0. The molecule has 0 aromatic rings. The van der Waals surface area contributed by atoms with Gasteiger partial charge in [0.1, 0.15) is 0 Å². The summed E-state index contributed by atoms with van der Waals surface area (Å²) >= 11 is 0. The van der Waals surface area contributed by atoms with Gasteiger partial charge in [-0.3, -0.25) is 0 Å². The van der Waals surface area contributed by atoms with E-state index in [1.807, 2.05) is 0 Å². The first-order valence-electron chi connectivity index (χ1n) is 9.03. The van der Waals surface area contributed by atoms with Crippen LogP contribution < -0.4 is 0 Å². The van der Waals surface area contributed by atoms with Gasteiger partial charge in [0.05, 0.1) is 0 Å². The van der Waals surface area contributed by atoms with Crippen molar-refractivity contribution in [3.63, 3.8) is 0 Å². The summed E-state index contributed by atoms with van der Waals surface area (Å²) in [6.07, 6.45) is 22.0. The van der Waals surface area contributed by atoms with E-state index in [1.165, 1.54) is 89.9 Å². The van der Waals surface area contributed by atoms with E-state index < -0.39 is 0 Å². The first-order chi connectivity index (χ1) is 9.35. The van der Waals surface area contributed by atoms with E-state index in [0.29, 0.717) is 0 Å². The highest BCUT2D eigenvalue weighted by molar-refractivity contribution is 5.01. The predicted molar refractivity (Wildman–Crippen MR) is 89.7 cm³/mol. The Labute approximate surface area is 123 Å². The third kappa shape index (κ3) is 14.0. The number of allylic oxidation sites excluding steroid dienone is 2. The lowest BCUT2D eigenvalue weighted by Gasteiger charge is -2.07. The maximum absolute atomic E-state index is 2.56. The van der Waals surface area contributed by atoms with Gasteiger partial charge in [-0.05, 0) is 32.1 Å². The Morgan fingerprint density at radius 2 is 1.16 bits per heavy atom. The van der Waals surface area contributed by atoms with Crippen molar-refractivity contribution < 1.29 is 0 Å². The van der Waals surface area contributed by atoms with Crippen LogP contribution in [0, 0.1) is 0 Å². The number of unbranched alkanes of at least 4 members (excludes halogenated alkanes) is 9. The molecule has 0 aliphatic heterocycles. The zero-order chi connectivity index (χ0) is 14.2. The molecule has 0 aliphatic carbocycles. The highest BCUT2D eigenvalue weighted by atomic mass is 14.0. The van der Waals surface area contributed by atoms with Gasteiger partial charge < -0.3 is 0 Å². The number of hydrogen-bond acceptors (Lipinski definition) is 0. The maximum Gasteiger partial charge on any atom is -0.0320 e. The monoisotopic (exact) mass is 266 g/mol. The van der Waals surface area contributed by atoms with Crippen LogP contribution in [0.25, 0.3) is 0 Å². The van der Waals surface area contributed by atoms with E-state index in [-0.39, 0.29) is 0 Å². The van der Waals surface area contributed by atoms with Crippen LogP contribution in [0.15, 0.2) is 11.6 Å². The normalized spacial score (nSPS) is 12.1. The van der Waals surface area contributed by atoms with Crippen LogP contribution in [0.5, 0.6) is 0 Å². The van der Waals surface area contributed by atoms with Crippen LogP contribution in [-0.4, -0.2) is 0 Å². The molecule has 0 unspecified atom stereocenters. The minimum absolute atomic E-state index is 1.32. The van der Waals surface area contributed by atoms with Gasteiger partial charge in [0, 0.05) is 0 Å². The van der Waals surface area contributed by atoms with E-state index >= 15 is 0 Å². The topological polar surface area (TPSA) is 0 Å². The molecule has 0 rings (SSSR count). The molecule has 0 nitrogen and oxygen atoms in total. The molecule has 0 saturated heterocycles. The molecular weight excluding hydrogens is 228 g/mol. The molecule has 0 aliphatic rings. The zero-order valence-electron chi connectivity index (χ0n) is 14.0. The molecule has 0 heterocycles. The van der Waals surface area contributed by atoms with E-state index in [2.05, 4.69) is 26.8 Å². The van der Waals surface area contributed by atoms with Crippen LogP contribution in [0.3, 0.4) is 0 Å². The highest BCUT2D eigenvalue weighted by Gasteiger charge is 1.97. The summed E-state index contributed by atoms with van der Waals surface area (Å²) in [4.78, 5) is 0. The quantitative estimate of drug-likeness (QED) is 0.226. The average molecular weight is 267 g/mol. The molecule has 0 amide bonds. The molecule has 0 spiro atoms. The second-order valence-corrected chi connectivity index (χ2v) is 5.98. The number of rotatable bonds is 14. The summed E-state index contributed by atoms with van der Waals surface area (Å²) in [5.41, 5.74) is 1.74. The minimum atomic E-state index is 1.32. The van der Waals surface area contributed by atoms with Gasteiger partial charge in [-0.25, -0.2) is 0 Å². The smallest absolute Gasteiger partial charge is 0.0320 e. The van der Waals surface area contributed by atoms with Gasteiger partial charge in [0.2, 0.25) is 0 Å². The first-order valence-corrected chi connectivity index (χ1v) is 9.03. The second kappa shape index (κ2) is 15.8. The molecule has 0 aromatic heterocycles. The third-order valence-electron chi connectivity index (χ3n) is 3.91. The van der Waals surface area contributed by atoms with Crippen LogP contribution in [0.2, 0.25) is 0 Å². The van der Waals surface area contributed by atoms with Crippen LogP contribution in [0.4, 0.5) is 0 Å². The van der Waals surface area contributed by atoms with Crippen molar-refractivity contribution in [2.24, 2.45) is 0 Å². The van der Waals surface area contributed by atoms with Crippen molar-refractivity contribution in [1.82, 2.24) is 0 Å². The van der Waals surface area contributed by atoms with Crippen molar-refractivity contribution in [3.05, 3.63) is 11.6 Å². The molecule has 0 radical (unpaired) electrons. The molecule has 0 atom stereocenters. The summed E-state index contributed by atoms with van der Waals surface area (Å²) < 4.78 is 0. The average Bonchev–Trinajstić information content (AvgIpc) is 2.42. The van der Waals surface area contributed by atoms with E-state index in [4.69, 9.17) is 0 Å². The van der Waals surface area contributed by atoms with E-state index in [9.17, 15) is 0 Å². The minimum Gasteiger partial charge on any atom is -0.0853 e. The van der Waals surface area contributed by atoms with Gasteiger partial charge in [0.15, 0.2) is 0 Å². The Balaban J connectivity index is 3.62. The molecular formula is C19H38. The van der Waals surface area contributed by atoms with E-state index in [1.54, 1.807) is 5.57 Å². The van der Waals surface area contributed by atoms with Gasteiger partial charge in [0.25, 0.3) is 0 Å². The summed E-state index contributed by atoms with van der Waals surface area (Å²) in [6, 6.07) is 0. The molecule has 0 N–H and O–H groups in total. The van der Waals surface area contributed by atoms with E-state index in [0.717, 1.165) is 0 Å². The Morgan fingerprint density at radius 3 is 1.79 bits per heavy atom. The summed E-state index contributed by atoms with van der Waals surface area (Å²) in [6.45, 7) is 6.89. The second-order valence-electron chi connectivity index (χ2n) is 5.98. The fourth-order valence-corrected chi connectivity index (χ4v) is 2.66. The van der Waals surface area contributed by atoms with Crippen LogP contribution >= 0.6 is 0 Å². The van der Waals surface area contributed by atoms with Gasteiger partial charge in [-0.2, -0.15) is 0 Å². The SMILES string of the molecule is CCCCCCC=C(CCC)CCCCCCCC. The molecule has 0 bridgehead atoms. The van der Waals surface area contributed by atoms with Crippen LogP contribution in [-0.2, 0) is 0 Å². The lowest BCUT2D eigenvalue weighted by molar-refractivity contribution is 0.599. The van der Waals surface area contributed by atoms with Gasteiger partial charge in [-0.15, -0.1) is 0 Å².